The molecule has 3 fully saturated rings. The molecule has 3 aliphatic rings. The molecule has 0 radical (unpaired) electrons. The first kappa shape index (κ1) is 26.4. The molecule has 2 saturated heterocycles. The smallest absolute Gasteiger partial charge is 0.410 e. The number of rotatable bonds is 6. The Morgan fingerprint density at radius 1 is 1.21 bits per heavy atom. The summed E-state index contributed by atoms with van der Waals surface area (Å²) >= 11 is 3.64. The number of hydrogen-bond acceptors (Lipinski definition) is 7. The fourth-order valence-electron chi connectivity index (χ4n) is 5.68. The third-order valence-electron chi connectivity index (χ3n) is 7.82. The van der Waals surface area contributed by atoms with Crippen molar-refractivity contribution in [1.82, 2.24) is 29.8 Å². The van der Waals surface area contributed by atoms with Gasteiger partial charge in [-0.15, -0.1) is 5.10 Å². The zero-order valence-corrected chi connectivity index (χ0v) is 24.2. The number of pyridine rings is 1. The number of carbonyl (C=O) groups is 1. The van der Waals surface area contributed by atoms with Crippen molar-refractivity contribution < 1.29 is 18.7 Å². The molecule has 1 atom stereocenters. The molecule has 6 rings (SSSR count). The second-order valence-corrected chi connectivity index (χ2v) is 13.1. The number of carbonyl (C=O) groups excluding carboxylic acids is 1. The van der Waals surface area contributed by atoms with Gasteiger partial charge in [-0.2, -0.15) is 0 Å². The molecule has 1 amide bonds. The average molecular weight is 602 g/mol. The summed E-state index contributed by atoms with van der Waals surface area (Å²) in [5.74, 6) is 1.21. The topological polar surface area (TPSA) is 85.6 Å². The van der Waals surface area contributed by atoms with Crippen LogP contribution in [0.25, 0.3) is 11.0 Å². The van der Waals surface area contributed by atoms with Crippen molar-refractivity contribution >= 4 is 33.1 Å². The van der Waals surface area contributed by atoms with Crippen LogP contribution in [0.5, 0.6) is 11.6 Å². The van der Waals surface area contributed by atoms with Crippen molar-refractivity contribution in [3.05, 3.63) is 40.2 Å². The van der Waals surface area contributed by atoms with Gasteiger partial charge in [-0.1, -0.05) is 5.21 Å². The van der Waals surface area contributed by atoms with E-state index >= 15 is 0 Å². The van der Waals surface area contributed by atoms with Crippen LogP contribution in [-0.4, -0.2) is 67.7 Å². The minimum atomic E-state index is -0.512. The van der Waals surface area contributed by atoms with E-state index in [1.807, 2.05) is 42.5 Å². The number of benzene rings is 1. The predicted molar refractivity (Wildman–Crippen MR) is 147 cm³/mol. The Hall–Kier alpha value is -2.79. The molecule has 1 saturated carbocycles. The van der Waals surface area contributed by atoms with E-state index in [2.05, 4.69) is 36.1 Å². The Morgan fingerprint density at radius 2 is 2.00 bits per heavy atom. The number of halogens is 2. The summed E-state index contributed by atoms with van der Waals surface area (Å²) in [6.07, 6.45) is 5.31. The standard InChI is InChI=1S/C28H34BrFN6O3/c1-27(2,3)39-26(37)35-11-9-28(17-35)8-10-34(16-28)15-19-12-20(30)13-31-25(19)38-22-7-6-21-24(23(22)29)32-33-36(21)14-18-4-5-18/h6-7,12-13,18H,4-5,8-11,14-17H2,1-3H3. The van der Waals surface area contributed by atoms with Gasteiger partial charge in [0.15, 0.2) is 0 Å². The third kappa shape index (κ3) is 5.75. The number of fused-ring (bicyclic) bond motifs is 1. The maximum atomic E-state index is 14.3. The van der Waals surface area contributed by atoms with Crippen molar-refractivity contribution in [1.29, 1.82) is 0 Å². The summed E-state index contributed by atoms with van der Waals surface area (Å²) in [6.45, 7) is 10.1. The van der Waals surface area contributed by atoms with Crippen LogP contribution in [0.2, 0.25) is 0 Å². The molecule has 1 unspecified atom stereocenters. The molecular formula is C28H34BrFN6O3. The molecule has 4 heterocycles. The van der Waals surface area contributed by atoms with Gasteiger partial charge in [0.1, 0.15) is 22.7 Å². The van der Waals surface area contributed by atoms with E-state index in [4.69, 9.17) is 9.47 Å². The van der Waals surface area contributed by atoms with Crippen LogP contribution in [0.15, 0.2) is 28.9 Å². The van der Waals surface area contributed by atoms with Crippen LogP contribution in [0.3, 0.4) is 0 Å². The second-order valence-electron chi connectivity index (χ2n) is 12.3. The van der Waals surface area contributed by atoms with Gasteiger partial charge < -0.3 is 14.4 Å². The maximum absolute atomic E-state index is 14.3. The van der Waals surface area contributed by atoms with Gasteiger partial charge in [0.25, 0.3) is 0 Å². The number of nitrogens with zero attached hydrogens (tertiary/aromatic N) is 6. The highest BCUT2D eigenvalue weighted by Gasteiger charge is 2.45. The van der Waals surface area contributed by atoms with Crippen LogP contribution < -0.4 is 4.74 Å². The van der Waals surface area contributed by atoms with Crippen LogP contribution in [0.1, 0.15) is 52.0 Å². The predicted octanol–water partition coefficient (Wildman–Crippen LogP) is 5.76. The van der Waals surface area contributed by atoms with Gasteiger partial charge in [0, 0.05) is 43.7 Å². The lowest BCUT2D eigenvalue weighted by Crippen LogP contribution is -2.37. The lowest BCUT2D eigenvalue weighted by atomic mass is 9.86. The first-order valence-corrected chi connectivity index (χ1v) is 14.4. The molecule has 0 bridgehead atoms. The largest absolute Gasteiger partial charge is 0.444 e. The number of ether oxygens (including phenoxy) is 2. The summed E-state index contributed by atoms with van der Waals surface area (Å²) in [4.78, 5) is 21.0. The molecule has 2 aliphatic heterocycles. The Bertz CT molecular complexity index is 1400. The van der Waals surface area contributed by atoms with Gasteiger partial charge in [0.2, 0.25) is 5.88 Å². The van der Waals surface area contributed by atoms with Crippen LogP contribution in [0, 0.1) is 17.2 Å². The molecule has 0 N–H and O–H groups in total. The zero-order chi connectivity index (χ0) is 27.4. The lowest BCUT2D eigenvalue weighted by Gasteiger charge is -2.27. The van der Waals surface area contributed by atoms with Crippen molar-refractivity contribution in [2.75, 3.05) is 26.2 Å². The fourth-order valence-corrected chi connectivity index (χ4v) is 6.17. The van der Waals surface area contributed by atoms with E-state index in [0.29, 0.717) is 47.2 Å². The Morgan fingerprint density at radius 3 is 2.77 bits per heavy atom. The molecular weight excluding hydrogens is 567 g/mol. The SMILES string of the molecule is CC(C)(C)OC(=O)N1CCC2(CCN(Cc3cc(F)cnc3Oc3ccc4c(nnn4CC4CC4)c3Br)C2)C1. The second kappa shape index (κ2) is 9.99. The fraction of sp³-hybridized carbons (Fsp3) is 0.571. The molecule has 1 aliphatic carbocycles. The number of amides is 1. The highest BCUT2D eigenvalue weighted by Crippen LogP contribution is 2.41. The Labute approximate surface area is 235 Å². The summed E-state index contributed by atoms with van der Waals surface area (Å²) in [5.41, 5.74) is 1.88. The Balaban J connectivity index is 1.15. The van der Waals surface area contributed by atoms with Crippen LogP contribution in [0.4, 0.5) is 9.18 Å². The quantitative estimate of drug-likeness (QED) is 0.355. The van der Waals surface area contributed by atoms with E-state index in [1.54, 1.807) is 0 Å². The Kier molecular flexibility index (Phi) is 6.77. The van der Waals surface area contributed by atoms with E-state index in [9.17, 15) is 9.18 Å². The highest BCUT2D eigenvalue weighted by atomic mass is 79.9. The van der Waals surface area contributed by atoms with E-state index in [1.165, 1.54) is 25.1 Å². The number of likely N-dealkylation sites (tertiary alicyclic amines) is 2. The van der Waals surface area contributed by atoms with Crippen molar-refractivity contribution in [3.8, 4) is 11.6 Å². The summed E-state index contributed by atoms with van der Waals surface area (Å²) in [5, 5.41) is 8.69. The van der Waals surface area contributed by atoms with Crippen LogP contribution >= 0.6 is 15.9 Å². The minimum Gasteiger partial charge on any atom is -0.444 e. The van der Waals surface area contributed by atoms with Gasteiger partial charge >= 0.3 is 6.09 Å². The molecule has 1 aromatic carbocycles. The average Bonchev–Trinajstić information content (AvgIpc) is 3.26. The van der Waals surface area contributed by atoms with Crippen molar-refractivity contribution in [3.63, 3.8) is 0 Å². The van der Waals surface area contributed by atoms with Crippen molar-refractivity contribution in [2.45, 2.75) is 65.1 Å². The molecule has 2 aromatic heterocycles. The molecule has 3 aromatic rings. The van der Waals surface area contributed by atoms with E-state index in [-0.39, 0.29) is 11.5 Å². The zero-order valence-electron chi connectivity index (χ0n) is 22.6. The van der Waals surface area contributed by atoms with Gasteiger partial charge in [-0.3, -0.25) is 4.90 Å². The van der Waals surface area contributed by atoms with Crippen LogP contribution in [-0.2, 0) is 17.8 Å². The normalized spacial score (nSPS) is 21.8. The molecule has 9 nitrogen and oxygen atoms in total. The van der Waals surface area contributed by atoms with E-state index in [0.717, 1.165) is 43.5 Å². The highest BCUT2D eigenvalue weighted by molar-refractivity contribution is 9.10. The lowest BCUT2D eigenvalue weighted by molar-refractivity contribution is 0.0274. The van der Waals surface area contributed by atoms with Gasteiger partial charge in [-0.25, -0.2) is 18.9 Å². The van der Waals surface area contributed by atoms with E-state index < -0.39 is 11.4 Å². The van der Waals surface area contributed by atoms with Gasteiger partial charge in [0.05, 0.1) is 16.2 Å². The third-order valence-corrected chi connectivity index (χ3v) is 8.58. The number of aromatic nitrogens is 4. The van der Waals surface area contributed by atoms with Gasteiger partial charge in [-0.05, 0) is 93.0 Å². The summed E-state index contributed by atoms with van der Waals surface area (Å²) in [7, 11) is 0. The summed E-state index contributed by atoms with van der Waals surface area (Å²) < 4.78 is 28.8. The molecule has 11 heteroatoms. The number of hydrogen-bond donors (Lipinski definition) is 0. The molecule has 1 spiro atoms. The molecule has 208 valence electrons. The molecule has 39 heavy (non-hydrogen) atoms. The monoisotopic (exact) mass is 600 g/mol. The maximum Gasteiger partial charge on any atom is 0.410 e. The first-order valence-electron chi connectivity index (χ1n) is 13.6. The van der Waals surface area contributed by atoms with Crippen molar-refractivity contribution in [2.24, 2.45) is 11.3 Å². The minimum absolute atomic E-state index is 0.0268. The first-order chi connectivity index (χ1) is 18.6. The summed E-state index contributed by atoms with van der Waals surface area (Å²) in [6, 6.07) is 5.33.